The standard InChI is InChI=1S/C14H29N3O2.2ClH/c1-11(12(2)15)14(18)16-13-5-8-17(9-6-13)7-4-10-19-3;;/h11-13H,4-10,15H2,1-3H3,(H,16,18);2*1H. The molecule has 7 heteroatoms. The summed E-state index contributed by atoms with van der Waals surface area (Å²) in [5, 5.41) is 3.12. The number of carbonyl (C=O) groups is 1. The maximum absolute atomic E-state index is 11.9. The van der Waals surface area contributed by atoms with E-state index in [1.54, 1.807) is 7.11 Å². The van der Waals surface area contributed by atoms with Crippen LogP contribution in [0, 0.1) is 5.92 Å². The predicted molar refractivity (Wildman–Crippen MR) is 91.4 cm³/mol. The topological polar surface area (TPSA) is 67.6 Å². The molecule has 0 aromatic rings. The van der Waals surface area contributed by atoms with Crippen LogP contribution in [0.15, 0.2) is 0 Å². The molecule has 5 nitrogen and oxygen atoms in total. The van der Waals surface area contributed by atoms with Crippen molar-refractivity contribution in [2.45, 2.75) is 45.2 Å². The zero-order chi connectivity index (χ0) is 14.3. The van der Waals surface area contributed by atoms with Crippen LogP contribution in [0.25, 0.3) is 0 Å². The summed E-state index contributed by atoms with van der Waals surface area (Å²) >= 11 is 0. The van der Waals surface area contributed by atoms with Crippen molar-refractivity contribution in [3.05, 3.63) is 0 Å². The molecule has 128 valence electrons. The maximum atomic E-state index is 11.9. The second-order valence-corrected chi connectivity index (χ2v) is 5.62. The van der Waals surface area contributed by atoms with Crippen molar-refractivity contribution in [3.8, 4) is 0 Å². The van der Waals surface area contributed by atoms with Gasteiger partial charge >= 0.3 is 0 Å². The molecular weight excluding hydrogens is 313 g/mol. The fourth-order valence-electron chi connectivity index (χ4n) is 2.30. The highest BCUT2D eigenvalue weighted by Crippen LogP contribution is 2.12. The summed E-state index contributed by atoms with van der Waals surface area (Å²) in [5.74, 6) is -0.0208. The van der Waals surface area contributed by atoms with Crippen LogP contribution in [0.4, 0.5) is 0 Å². The van der Waals surface area contributed by atoms with E-state index in [9.17, 15) is 4.79 Å². The van der Waals surface area contributed by atoms with E-state index >= 15 is 0 Å². The smallest absolute Gasteiger partial charge is 0.224 e. The van der Waals surface area contributed by atoms with Crippen molar-refractivity contribution < 1.29 is 9.53 Å². The summed E-state index contributed by atoms with van der Waals surface area (Å²) in [6.07, 6.45) is 3.14. The van der Waals surface area contributed by atoms with Crippen LogP contribution in [-0.4, -0.2) is 56.2 Å². The first-order valence-corrected chi connectivity index (χ1v) is 7.31. The fraction of sp³-hybridized carbons (Fsp3) is 0.929. The molecule has 0 aliphatic carbocycles. The molecule has 2 atom stereocenters. The van der Waals surface area contributed by atoms with E-state index in [2.05, 4.69) is 10.2 Å². The minimum Gasteiger partial charge on any atom is -0.385 e. The van der Waals surface area contributed by atoms with Gasteiger partial charge in [-0.2, -0.15) is 0 Å². The van der Waals surface area contributed by atoms with Crippen LogP contribution < -0.4 is 11.1 Å². The van der Waals surface area contributed by atoms with E-state index in [-0.39, 0.29) is 42.7 Å². The number of amides is 1. The number of hydrogen-bond donors (Lipinski definition) is 2. The van der Waals surface area contributed by atoms with Gasteiger partial charge in [0.2, 0.25) is 5.91 Å². The van der Waals surface area contributed by atoms with Crippen molar-refractivity contribution in [1.82, 2.24) is 10.2 Å². The molecule has 1 rings (SSSR count). The van der Waals surface area contributed by atoms with E-state index < -0.39 is 0 Å². The van der Waals surface area contributed by atoms with E-state index in [0.717, 1.165) is 45.5 Å². The van der Waals surface area contributed by atoms with Crippen molar-refractivity contribution in [2.24, 2.45) is 11.7 Å². The van der Waals surface area contributed by atoms with Crippen LogP contribution in [-0.2, 0) is 9.53 Å². The lowest BCUT2D eigenvalue weighted by Gasteiger charge is -2.33. The lowest BCUT2D eigenvalue weighted by molar-refractivity contribution is -0.126. The van der Waals surface area contributed by atoms with Crippen molar-refractivity contribution >= 4 is 30.7 Å². The number of halogens is 2. The Kier molecular flexibility index (Phi) is 13.8. The Morgan fingerprint density at radius 1 is 1.33 bits per heavy atom. The van der Waals surface area contributed by atoms with Gasteiger partial charge in [0, 0.05) is 51.4 Å². The van der Waals surface area contributed by atoms with Gasteiger partial charge in [0.25, 0.3) is 0 Å². The maximum Gasteiger partial charge on any atom is 0.224 e. The highest BCUT2D eigenvalue weighted by molar-refractivity contribution is 5.85. The van der Waals surface area contributed by atoms with Gasteiger partial charge in [-0.3, -0.25) is 4.79 Å². The summed E-state index contributed by atoms with van der Waals surface area (Å²) in [5.41, 5.74) is 5.75. The summed E-state index contributed by atoms with van der Waals surface area (Å²) in [4.78, 5) is 14.4. The molecule has 0 spiro atoms. The number of carbonyl (C=O) groups excluding carboxylic acids is 1. The molecule has 3 N–H and O–H groups in total. The van der Waals surface area contributed by atoms with E-state index in [1.807, 2.05) is 13.8 Å². The molecule has 1 fully saturated rings. The monoisotopic (exact) mass is 343 g/mol. The molecule has 0 bridgehead atoms. The highest BCUT2D eigenvalue weighted by Gasteiger charge is 2.23. The fourth-order valence-corrected chi connectivity index (χ4v) is 2.30. The number of rotatable bonds is 7. The van der Waals surface area contributed by atoms with Gasteiger partial charge in [0.15, 0.2) is 0 Å². The van der Waals surface area contributed by atoms with Crippen LogP contribution in [0.2, 0.25) is 0 Å². The van der Waals surface area contributed by atoms with Crippen LogP contribution in [0.5, 0.6) is 0 Å². The number of hydrogen-bond acceptors (Lipinski definition) is 4. The van der Waals surface area contributed by atoms with Gasteiger partial charge in [-0.15, -0.1) is 24.8 Å². The number of nitrogens with two attached hydrogens (primary N) is 1. The average Bonchev–Trinajstić information content (AvgIpc) is 2.40. The molecule has 0 saturated carbocycles. The van der Waals surface area contributed by atoms with E-state index in [1.165, 1.54) is 0 Å². The molecule has 21 heavy (non-hydrogen) atoms. The molecule has 1 amide bonds. The normalized spacial score (nSPS) is 19.0. The van der Waals surface area contributed by atoms with Gasteiger partial charge < -0.3 is 20.7 Å². The van der Waals surface area contributed by atoms with E-state index in [4.69, 9.17) is 10.5 Å². The van der Waals surface area contributed by atoms with Gasteiger partial charge in [0.05, 0.1) is 0 Å². The number of nitrogens with one attached hydrogen (secondary N) is 1. The highest BCUT2D eigenvalue weighted by atomic mass is 35.5. The Morgan fingerprint density at radius 2 is 1.90 bits per heavy atom. The van der Waals surface area contributed by atoms with Gasteiger partial charge in [-0.05, 0) is 26.2 Å². The average molecular weight is 344 g/mol. The molecule has 1 aliphatic heterocycles. The minimum absolute atomic E-state index is 0. The Balaban J connectivity index is 0. The molecule has 0 aromatic carbocycles. The lowest BCUT2D eigenvalue weighted by atomic mass is 10.0. The first-order chi connectivity index (χ1) is 9.04. The third-order valence-electron chi connectivity index (χ3n) is 3.96. The third kappa shape index (κ3) is 8.83. The zero-order valence-corrected chi connectivity index (χ0v) is 15.0. The SMILES string of the molecule is COCCCN1CCC(NC(=O)C(C)C(C)N)CC1.Cl.Cl. The van der Waals surface area contributed by atoms with Gasteiger partial charge in [-0.25, -0.2) is 0 Å². The first-order valence-electron chi connectivity index (χ1n) is 7.31. The largest absolute Gasteiger partial charge is 0.385 e. The number of piperidine rings is 1. The van der Waals surface area contributed by atoms with Crippen LogP contribution >= 0.6 is 24.8 Å². The number of nitrogens with zero attached hydrogens (tertiary/aromatic N) is 1. The number of likely N-dealkylation sites (tertiary alicyclic amines) is 1. The molecule has 0 radical (unpaired) electrons. The molecule has 2 unspecified atom stereocenters. The predicted octanol–water partition coefficient (Wildman–Crippen LogP) is 1.43. The molecule has 1 aliphatic rings. The Hall–Kier alpha value is -0.0700. The molecular formula is C14H31Cl2N3O2. The lowest BCUT2D eigenvalue weighted by Crippen LogP contribution is -2.48. The molecule has 1 heterocycles. The van der Waals surface area contributed by atoms with Crippen molar-refractivity contribution in [3.63, 3.8) is 0 Å². The Labute approximate surface area is 141 Å². The summed E-state index contributed by atoms with van der Waals surface area (Å²) in [7, 11) is 1.74. The second kappa shape index (κ2) is 12.5. The van der Waals surface area contributed by atoms with Gasteiger partial charge in [0.1, 0.15) is 0 Å². The van der Waals surface area contributed by atoms with Crippen LogP contribution in [0.1, 0.15) is 33.1 Å². The Bertz CT molecular complexity index is 273. The number of ether oxygens (including phenoxy) is 1. The zero-order valence-electron chi connectivity index (χ0n) is 13.3. The molecule has 0 aromatic heterocycles. The van der Waals surface area contributed by atoms with Crippen molar-refractivity contribution in [1.29, 1.82) is 0 Å². The van der Waals surface area contributed by atoms with Gasteiger partial charge in [-0.1, -0.05) is 6.92 Å². The van der Waals surface area contributed by atoms with E-state index in [0.29, 0.717) is 6.04 Å². The molecule has 1 saturated heterocycles. The number of methoxy groups -OCH3 is 1. The van der Waals surface area contributed by atoms with Crippen molar-refractivity contribution in [2.75, 3.05) is 33.4 Å². The Morgan fingerprint density at radius 3 is 2.38 bits per heavy atom. The first kappa shape index (κ1) is 23.2. The third-order valence-corrected chi connectivity index (χ3v) is 3.96. The summed E-state index contributed by atoms with van der Waals surface area (Å²) in [6.45, 7) is 7.79. The second-order valence-electron chi connectivity index (χ2n) is 5.62. The minimum atomic E-state index is -0.111. The quantitative estimate of drug-likeness (QED) is 0.686. The summed E-state index contributed by atoms with van der Waals surface area (Å²) in [6, 6.07) is 0.224. The summed E-state index contributed by atoms with van der Waals surface area (Å²) < 4.78 is 5.06. The van der Waals surface area contributed by atoms with Crippen LogP contribution in [0.3, 0.4) is 0 Å².